The van der Waals surface area contributed by atoms with E-state index in [0.717, 1.165) is 43.4 Å². The highest BCUT2D eigenvalue weighted by molar-refractivity contribution is 6.16. The Labute approximate surface area is 189 Å². The molecule has 11 N–H and O–H groups in total. The zero-order chi connectivity index (χ0) is 23.1. The minimum absolute atomic E-state index is 0.132. The van der Waals surface area contributed by atoms with E-state index in [-0.39, 0.29) is 5.71 Å². The quantitative estimate of drug-likeness (QED) is 0.252. The first-order valence-electron chi connectivity index (χ1n) is 10.9. The summed E-state index contributed by atoms with van der Waals surface area (Å²) in [6, 6.07) is 14.2. The second-order valence-electron chi connectivity index (χ2n) is 8.28. The van der Waals surface area contributed by atoms with Gasteiger partial charge in [-0.15, -0.1) is 0 Å². The average Bonchev–Trinajstić information content (AvgIpc) is 2.80. The standard InChI is InChI=1S/C25H33N7/c26-13-19(14-27)18-4-9-23(29)22(12-18)25(31)24(30)11-16-2-1-3-17(10-16)15-32-21-7-5-20(28)6-8-21/h1-4,9-14,20-21,26,31-32H,5-8,15,27-30H2/b19-14+,24-11-,26-13?,31-25?. The molecule has 0 bridgehead atoms. The van der Waals surface area contributed by atoms with E-state index in [2.05, 4.69) is 17.4 Å². The summed E-state index contributed by atoms with van der Waals surface area (Å²) in [6.45, 7) is 0.783. The van der Waals surface area contributed by atoms with Crippen molar-refractivity contribution in [3.8, 4) is 0 Å². The summed E-state index contributed by atoms with van der Waals surface area (Å²) in [6.07, 6.45) is 8.69. The van der Waals surface area contributed by atoms with Crippen molar-refractivity contribution in [2.75, 3.05) is 5.73 Å². The number of nitrogens with two attached hydrogens (primary N) is 4. The Bertz CT molecular complexity index is 1030. The molecule has 0 aliphatic heterocycles. The Balaban J connectivity index is 1.73. The maximum absolute atomic E-state index is 8.56. The molecule has 7 nitrogen and oxygen atoms in total. The molecule has 0 saturated heterocycles. The average molecular weight is 432 g/mol. The van der Waals surface area contributed by atoms with Crippen LogP contribution in [0.5, 0.6) is 0 Å². The van der Waals surface area contributed by atoms with Gasteiger partial charge in [-0.25, -0.2) is 0 Å². The van der Waals surface area contributed by atoms with Crippen LogP contribution in [-0.4, -0.2) is 24.0 Å². The molecule has 32 heavy (non-hydrogen) atoms. The zero-order valence-corrected chi connectivity index (χ0v) is 18.3. The Morgan fingerprint density at radius 1 is 1.09 bits per heavy atom. The van der Waals surface area contributed by atoms with Gasteiger partial charge in [-0.05, 0) is 60.6 Å². The molecular formula is C25H33N7. The first-order valence-corrected chi connectivity index (χ1v) is 10.9. The van der Waals surface area contributed by atoms with Crippen molar-refractivity contribution >= 4 is 29.3 Å². The van der Waals surface area contributed by atoms with Gasteiger partial charge in [0.15, 0.2) is 0 Å². The minimum Gasteiger partial charge on any atom is -0.404 e. The van der Waals surface area contributed by atoms with Crippen molar-refractivity contribution in [3.63, 3.8) is 0 Å². The van der Waals surface area contributed by atoms with Crippen LogP contribution in [0.15, 0.2) is 54.4 Å². The molecule has 0 aromatic heterocycles. The number of hydrogen-bond acceptors (Lipinski definition) is 7. The summed E-state index contributed by atoms with van der Waals surface area (Å²) in [7, 11) is 0. The third-order valence-electron chi connectivity index (χ3n) is 5.92. The number of allylic oxidation sites excluding steroid dienone is 2. The lowest BCUT2D eigenvalue weighted by atomic mass is 9.91. The van der Waals surface area contributed by atoms with Gasteiger partial charge >= 0.3 is 0 Å². The van der Waals surface area contributed by atoms with Gasteiger partial charge in [-0.2, -0.15) is 0 Å². The summed E-state index contributed by atoms with van der Waals surface area (Å²) in [5.74, 6) is 0. The second-order valence-corrected chi connectivity index (χ2v) is 8.28. The highest BCUT2D eigenvalue weighted by Gasteiger charge is 2.17. The minimum atomic E-state index is 0.132. The molecule has 1 aliphatic rings. The molecule has 1 aliphatic carbocycles. The molecule has 1 fully saturated rings. The molecule has 7 heteroatoms. The van der Waals surface area contributed by atoms with Crippen LogP contribution in [0.4, 0.5) is 5.69 Å². The molecule has 1 saturated carbocycles. The number of rotatable bonds is 8. The van der Waals surface area contributed by atoms with Crippen molar-refractivity contribution in [1.82, 2.24) is 5.32 Å². The molecule has 0 unspecified atom stereocenters. The van der Waals surface area contributed by atoms with Crippen molar-refractivity contribution in [2.45, 2.75) is 44.3 Å². The monoisotopic (exact) mass is 431 g/mol. The smallest absolute Gasteiger partial charge is 0.0862 e. The topological polar surface area (TPSA) is 164 Å². The number of nitrogen functional groups attached to an aromatic ring is 1. The summed E-state index contributed by atoms with van der Waals surface area (Å²) < 4.78 is 0. The Morgan fingerprint density at radius 3 is 2.53 bits per heavy atom. The van der Waals surface area contributed by atoms with Gasteiger partial charge in [0.05, 0.1) is 11.4 Å². The Kier molecular flexibility index (Phi) is 7.81. The van der Waals surface area contributed by atoms with Gasteiger partial charge in [0.1, 0.15) is 0 Å². The van der Waals surface area contributed by atoms with Crippen molar-refractivity contribution in [1.29, 1.82) is 10.8 Å². The normalized spacial score (nSPS) is 19.5. The molecular weight excluding hydrogens is 398 g/mol. The lowest BCUT2D eigenvalue weighted by Gasteiger charge is -2.27. The zero-order valence-electron chi connectivity index (χ0n) is 18.3. The second kappa shape index (κ2) is 10.7. The van der Waals surface area contributed by atoms with Crippen LogP contribution < -0.4 is 28.3 Å². The lowest BCUT2D eigenvalue weighted by Crippen LogP contribution is -2.37. The van der Waals surface area contributed by atoms with E-state index < -0.39 is 0 Å². The third kappa shape index (κ3) is 5.84. The molecule has 0 spiro atoms. The molecule has 0 heterocycles. The van der Waals surface area contributed by atoms with E-state index in [1.165, 1.54) is 12.4 Å². The highest BCUT2D eigenvalue weighted by atomic mass is 14.9. The van der Waals surface area contributed by atoms with Crippen molar-refractivity contribution in [3.05, 3.63) is 76.6 Å². The molecule has 0 atom stereocenters. The predicted octanol–water partition coefficient (Wildman–Crippen LogP) is 2.95. The van der Waals surface area contributed by atoms with Crippen molar-refractivity contribution < 1.29 is 0 Å². The summed E-state index contributed by atoms with van der Waals surface area (Å²) >= 11 is 0. The Hall–Kier alpha value is -3.42. The first-order chi connectivity index (χ1) is 15.4. The largest absolute Gasteiger partial charge is 0.404 e. The van der Waals surface area contributed by atoms with Crippen LogP contribution in [0.1, 0.15) is 47.9 Å². The lowest BCUT2D eigenvalue weighted by molar-refractivity contribution is 0.342. The van der Waals surface area contributed by atoms with Crippen LogP contribution in [0.3, 0.4) is 0 Å². The molecule has 0 amide bonds. The third-order valence-corrected chi connectivity index (χ3v) is 5.92. The molecule has 168 valence electrons. The van der Waals surface area contributed by atoms with E-state index in [0.29, 0.717) is 40.2 Å². The molecule has 2 aromatic rings. The van der Waals surface area contributed by atoms with Crippen LogP contribution in [0.25, 0.3) is 11.6 Å². The van der Waals surface area contributed by atoms with Gasteiger partial charge in [-0.3, -0.25) is 5.41 Å². The van der Waals surface area contributed by atoms with E-state index in [1.54, 1.807) is 24.3 Å². The van der Waals surface area contributed by atoms with Gasteiger partial charge in [0, 0.05) is 47.9 Å². The van der Waals surface area contributed by atoms with Gasteiger partial charge in [0.2, 0.25) is 0 Å². The van der Waals surface area contributed by atoms with Crippen LogP contribution >= 0.6 is 0 Å². The summed E-state index contributed by atoms with van der Waals surface area (Å²) in [5, 5.41) is 19.7. The predicted molar refractivity (Wildman–Crippen MR) is 134 cm³/mol. The molecule has 0 radical (unpaired) electrons. The number of benzene rings is 2. The molecule has 3 rings (SSSR count). The molecule has 2 aromatic carbocycles. The maximum Gasteiger partial charge on any atom is 0.0862 e. The maximum atomic E-state index is 8.56. The number of nitrogens with one attached hydrogen (secondary N) is 3. The number of hydrogen-bond donors (Lipinski definition) is 7. The fraction of sp³-hybridized carbons (Fsp3) is 0.280. The summed E-state index contributed by atoms with van der Waals surface area (Å²) in [5.41, 5.74) is 28.7. The van der Waals surface area contributed by atoms with E-state index in [1.807, 2.05) is 12.1 Å². The van der Waals surface area contributed by atoms with Crippen LogP contribution in [0.2, 0.25) is 0 Å². The van der Waals surface area contributed by atoms with Crippen LogP contribution in [-0.2, 0) is 6.54 Å². The van der Waals surface area contributed by atoms with E-state index in [4.69, 9.17) is 33.8 Å². The van der Waals surface area contributed by atoms with Gasteiger partial charge < -0.3 is 33.7 Å². The highest BCUT2D eigenvalue weighted by Crippen LogP contribution is 2.22. The SMILES string of the molecule is N=C/C(=C\N)c1ccc(N)c(C(=N)/C(N)=C/c2cccc(CNC3CCC(N)CC3)c2)c1. The van der Waals surface area contributed by atoms with Crippen LogP contribution in [0, 0.1) is 10.8 Å². The summed E-state index contributed by atoms with van der Waals surface area (Å²) in [4.78, 5) is 0. The first kappa shape index (κ1) is 23.2. The fourth-order valence-electron chi connectivity index (χ4n) is 3.97. The Morgan fingerprint density at radius 2 is 1.84 bits per heavy atom. The van der Waals surface area contributed by atoms with E-state index >= 15 is 0 Å². The van der Waals surface area contributed by atoms with E-state index in [9.17, 15) is 0 Å². The number of anilines is 1. The van der Waals surface area contributed by atoms with Gasteiger partial charge in [0.25, 0.3) is 0 Å². The fourth-order valence-corrected chi connectivity index (χ4v) is 3.97. The van der Waals surface area contributed by atoms with Crippen molar-refractivity contribution in [2.24, 2.45) is 17.2 Å². The van der Waals surface area contributed by atoms with Gasteiger partial charge in [-0.1, -0.05) is 30.3 Å².